The monoisotopic (exact) mass is 390 g/mol. The molecule has 0 unspecified atom stereocenters. The van der Waals surface area contributed by atoms with Crippen molar-refractivity contribution in [3.05, 3.63) is 31.8 Å². The molecule has 0 spiro atoms. The summed E-state index contributed by atoms with van der Waals surface area (Å²) in [5.74, 6) is 0. The summed E-state index contributed by atoms with van der Waals surface area (Å²) in [6, 6.07) is 5.63. The van der Waals surface area contributed by atoms with Crippen molar-refractivity contribution in [1.82, 2.24) is 0 Å². The number of hydrogen-bond acceptors (Lipinski definition) is 3. The van der Waals surface area contributed by atoms with Crippen molar-refractivity contribution in [2.45, 2.75) is 6.61 Å². The SMILES string of the molecule is CS(=O)(=O)OCc1cc(Br)cc(I)c1. The van der Waals surface area contributed by atoms with Crippen LogP contribution in [0.2, 0.25) is 0 Å². The summed E-state index contributed by atoms with van der Waals surface area (Å²) >= 11 is 5.48. The highest BCUT2D eigenvalue weighted by atomic mass is 127. The summed E-state index contributed by atoms with van der Waals surface area (Å²) in [5.41, 5.74) is 0.828. The van der Waals surface area contributed by atoms with Gasteiger partial charge in [-0.3, -0.25) is 4.18 Å². The van der Waals surface area contributed by atoms with E-state index in [0.29, 0.717) is 0 Å². The Balaban J connectivity index is 2.78. The quantitative estimate of drug-likeness (QED) is 0.588. The van der Waals surface area contributed by atoms with Crippen molar-refractivity contribution in [3.63, 3.8) is 0 Å². The molecule has 0 radical (unpaired) electrons. The molecular formula is C8H8BrIO3S. The van der Waals surface area contributed by atoms with Gasteiger partial charge in [0.15, 0.2) is 0 Å². The van der Waals surface area contributed by atoms with E-state index in [-0.39, 0.29) is 6.61 Å². The third kappa shape index (κ3) is 4.72. The fourth-order valence-corrected chi connectivity index (χ4v) is 2.92. The van der Waals surface area contributed by atoms with Crippen LogP contribution < -0.4 is 0 Å². The molecule has 0 saturated heterocycles. The molecule has 0 fully saturated rings. The lowest BCUT2D eigenvalue weighted by Crippen LogP contribution is -2.02. The topological polar surface area (TPSA) is 43.4 Å². The van der Waals surface area contributed by atoms with E-state index in [1.54, 1.807) is 0 Å². The molecule has 0 aliphatic carbocycles. The van der Waals surface area contributed by atoms with Crippen LogP contribution in [0.15, 0.2) is 22.7 Å². The lowest BCUT2D eigenvalue weighted by Gasteiger charge is -2.03. The van der Waals surface area contributed by atoms with E-state index in [1.165, 1.54) is 0 Å². The van der Waals surface area contributed by atoms with Crippen LogP contribution in [0.5, 0.6) is 0 Å². The third-order valence-electron chi connectivity index (χ3n) is 1.36. The number of rotatable bonds is 3. The molecule has 0 saturated carbocycles. The first-order chi connectivity index (χ1) is 6.37. The van der Waals surface area contributed by atoms with Crippen LogP contribution >= 0.6 is 38.5 Å². The zero-order valence-corrected chi connectivity index (χ0v) is 11.9. The summed E-state index contributed by atoms with van der Waals surface area (Å²) in [5, 5.41) is 0. The van der Waals surface area contributed by atoms with Crippen LogP contribution in [0.1, 0.15) is 5.56 Å². The first kappa shape index (κ1) is 12.4. The van der Waals surface area contributed by atoms with E-state index in [0.717, 1.165) is 19.9 Å². The van der Waals surface area contributed by atoms with Gasteiger partial charge in [-0.25, -0.2) is 0 Å². The van der Waals surface area contributed by atoms with Gasteiger partial charge in [0.2, 0.25) is 0 Å². The first-order valence-corrected chi connectivity index (χ1v) is 7.35. The van der Waals surface area contributed by atoms with Gasteiger partial charge in [-0.15, -0.1) is 0 Å². The number of benzene rings is 1. The Hall–Kier alpha value is 0.340. The Morgan fingerprint density at radius 3 is 2.57 bits per heavy atom. The molecule has 0 aromatic heterocycles. The van der Waals surface area contributed by atoms with Crippen LogP contribution in [0.4, 0.5) is 0 Å². The zero-order chi connectivity index (χ0) is 10.8. The smallest absolute Gasteiger partial charge is 0.264 e. The van der Waals surface area contributed by atoms with Crippen molar-refractivity contribution >= 4 is 48.6 Å². The summed E-state index contributed by atoms with van der Waals surface area (Å²) in [4.78, 5) is 0. The molecular weight excluding hydrogens is 383 g/mol. The Morgan fingerprint density at radius 1 is 1.43 bits per heavy atom. The summed E-state index contributed by atoms with van der Waals surface area (Å²) in [6.07, 6.45) is 1.04. The van der Waals surface area contributed by atoms with Gasteiger partial charge in [0.25, 0.3) is 10.1 Å². The zero-order valence-electron chi connectivity index (χ0n) is 7.33. The molecule has 0 heterocycles. The lowest BCUT2D eigenvalue weighted by atomic mass is 10.2. The van der Waals surface area contributed by atoms with Crippen LogP contribution in [-0.2, 0) is 20.9 Å². The minimum absolute atomic E-state index is 0.0777. The lowest BCUT2D eigenvalue weighted by molar-refractivity contribution is 0.311. The van der Waals surface area contributed by atoms with E-state index >= 15 is 0 Å². The van der Waals surface area contributed by atoms with E-state index in [2.05, 4.69) is 42.7 Å². The minimum Gasteiger partial charge on any atom is -0.265 e. The van der Waals surface area contributed by atoms with Gasteiger partial charge in [-0.2, -0.15) is 8.42 Å². The maximum absolute atomic E-state index is 10.7. The van der Waals surface area contributed by atoms with Crippen molar-refractivity contribution in [1.29, 1.82) is 0 Å². The molecule has 0 amide bonds. The molecule has 6 heteroatoms. The van der Waals surface area contributed by atoms with Crippen LogP contribution in [0, 0.1) is 3.57 Å². The van der Waals surface area contributed by atoms with Crippen molar-refractivity contribution in [3.8, 4) is 0 Å². The van der Waals surface area contributed by atoms with Gasteiger partial charge in [0.1, 0.15) is 0 Å². The van der Waals surface area contributed by atoms with Gasteiger partial charge in [-0.1, -0.05) is 15.9 Å². The highest BCUT2D eigenvalue weighted by molar-refractivity contribution is 14.1. The molecule has 0 atom stereocenters. The average Bonchev–Trinajstić information content (AvgIpc) is 1.97. The summed E-state index contributed by atoms with van der Waals surface area (Å²) in [6.45, 7) is 0.0777. The van der Waals surface area contributed by atoms with Crippen LogP contribution in [0.3, 0.4) is 0 Å². The van der Waals surface area contributed by atoms with Crippen LogP contribution in [-0.4, -0.2) is 14.7 Å². The van der Waals surface area contributed by atoms with Gasteiger partial charge in [-0.05, 0) is 46.4 Å². The predicted molar refractivity (Wildman–Crippen MR) is 66.5 cm³/mol. The molecule has 1 aromatic rings. The Morgan fingerprint density at radius 2 is 2.07 bits per heavy atom. The molecule has 0 aliphatic heterocycles. The predicted octanol–water partition coefficient (Wildman–Crippen LogP) is 2.53. The van der Waals surface area contributed by atoms with Crippen molar-refractivity contribution in [2.24, 2.45) is 0 Å². The first-order valence-electron chi connectivity index (χ1n) is 3.66. The van der Waals surface area contributed by atoms with Gasteiger partial charge < -0.3 is 0 Å². The maximum atomic E-state index is 10.7. The van der Waals surface area contributed by atoms with E-state index in [9.17, 15) is 8.42 Å². The average molecular weight is 391 g/mol. The molecule has 3 nitrogen and oxygen atoms in total. The standard InChI is InChI=1S/C8H8BrIO3S/c1-14(11,12)13-5-6-2-7(9)4-8(10)3-6/h2-4H,5H2,1H3. The second-order valence-electron chi connectivity index (χ2n) is 2.74. The van der Waals surface area contributed by atoms with Gasteiger partial charge in [0.05, 0.1) is 12.9 Å². The van der Waals surface area contributed by atoms with Gasteiger partial charge >= 0.3 is 0 Å². The molecule has 0 aliphatic rings. The molecule has 1 rings (SSSR count). The molecule has 78 valence electrons. The Kier molecular flexibility index (Phi) is 4.35. The maximum Gasteiger partial charge on any atom is 0.264 e. The number of halogens is 2. The highest BCUT2D eigenvalue weighted by Gasteiger charge is 2.03. The summed E-state index contributed by atoms with van der Waals surface area (Å²) < 4.78 is 28.1. The second kappa shape index (κ2) is 4.91. The van der Waals surface area contributed by atoms with E-state index in [4.69, 9.17) is 0 Å². The molecule has 0 N–H and O–H groups in total. The number of hydrogen-bond donors (Lipinski definition) is 0. The normalized spacial score (nSPS) is 11.6. The highest BCUT2D eigenvalue weighted by Crippen LogP contribution is 2.18. The Labute approximate surface area is 105 Å². The Bertz CT molecular complexity index is 410. The van der Waals surface area contributed by atoms with Gasteiger partial charge in [0, 0.05) is 8.04 Å². The molecule has 1 aromatic carbocycles. The van der Waals surface area contributed by atoms with Crippen molar-refractivity contribution < 1.29 is 12.6 Å². The summed E-state index contributed by atoms with van der Waals surface area (Å²) in [7, 11) is -3.37. The fraction of sp³-hybridized carbons (Fsp3) is 0.250. The fourth-order valence-electron chi connectivity index (χ4n) is 0.869. The third-order valence-corrected chi connectivity index (χ3v) is 2.99. The van der Waals surface area contributed by atoms with Crippen LogP contribution in [0.25, 0.3) is 0 Å². The molecule has 14 heavy (non-hydrogen) atoms. The van der Waals surface area contributed by atoms with Crippen molar-refractivity contribution in [2.75, 3.05) is 6.26 Å². The van der Waals surface area contributed by atoms with E-state index in [1.807, 2.05) is 18.2 Å². The second-order valence-corrected chi connectivity index (χ2v) is 6.55. The minimum atomic E-state index is -3.37. The largest absolute Gasteiger partial charge is 0.265 e. The molecule has 0 bridgehead atoms. The van der Waals surface area contributed by atoms with E-state index < -0.39 is 10.1 Å².